The molecule has 1 aliphatic rings. The van der Waals surface area contributed by atoms with Gasteiger partial charge in [-0.25, -0.2) is 0 Å². The van der Waals surface area contributed by atoms with Gasteiger partial charge in [0.1, 0.15) is 0 Å². The van der Waals surface area contributed by atoms with Gasteiger partial charge in [0.15, 0.2) is 0 Å². The first-order valence-electron chi connectivity index (χ1n) is 7.74. The molecule has 1 fully saturated rings. The molecule has 2 unspecified atom stereocenters. The number of nitrogens with zero attached hydrogens (tertiary/aromatic N) is 1. The molecule has 5 heteroatoms. The fourth-order valence-corrected chi connectivity index (χ4v) is 2.85. The van der Waals surface area contributed by atoms with Crippen LogP contribution < -0.4 is 5.32 Å². The molecular formula is C17H24N2O3. The lowest BCUT2D eigenvalue weighted by molar-refractivity contribution is -0.114. The van der Waals surface area contributed by atoms with Gasteiger partial charge in [0.2, 0.25) is 5.91 Å². The minimum atomic E-state index is -0.399. The number of aliphatic hydroxyl groups is 1. The van der Waals surface area contributed by atoms with Crippen molar-refractivity contribution in [2.24, 2.45) is 5.92 Å². The van der Waals surface area contributed by atoms with E-state index in [1.807, 2.05) is 13.0 Å². The molecule has 1 heterocycles. The maximum Gasteiger partial charge on any atom is 0.253 e. The number of piperidine rings is 1. The minimum absolute atomic E-state index is 0.0445. The Morgan fingerprint density at radius 1 is 1.41 bits per heavy atom. The summed E-state index contributed by atoms with van der Waals surface area (Å²) in [6, 6.07) is 5.36. The van der Waals surface area contributed by atoms with Crippen molar-refractivity contribution in [3.63, 3.8) is 0 Å². The largest absolute Gasteiger partial charge is 0.393 e. The Morgan fingerprint density at radius 3 is 2.77 bits per heavy atom. The van der Waals surface area contributed by atoms with E-state index in [4.69, 9.17) is 0 Å². The first kappa shape index (κ1) is 16.5. The van der Waals surface area contributed by atoms with Gasteiger partial charge in [-0.3, -0.25) is 9.59 Å². The lowest BCUT2D eigenvalue weighted by Gasteiger charge is -2.34. The van der Waals surface area contributed by atoms with E-state index in [1.165, 1.54) is 6.92 Å². The van der Waals surface area contributed by atoms with Crippen LogP contribution in [0.5, 0.6) is 0 Å². The molecule has 5 nitrogen and oxygen atoms in total. The Morgan fingerprint density at radius 2 is 2.14 bits per heavy atom. The average molecular weight is 304 g/mol. The first-order valence-corrected chi connectivity index (χ1v) is 7.74. The van der Waals surface area contributed by atoms with Crippen molar-refractivity contribution in [2.45, 2.75) is 39.7 Å². The number of anilines is 1. The lowest BCUT2D eigenvalue weighted by Crippen LogP contribution is -2.42. The van der Waals surface area contributed by atoms with Crippen LogP contribution in [0.1, 0.15) is 42.6 Å². The van der Waals surface area contributed by atoms with E-state index < -0.39 is 6.10 Å². The normalized spacial score (nSPS) is 19.6. The highest BCUT2D eigenvalue weighted by Crippen LogP contribution is 2.23. The van der Waals surface area contributed by atoms with E-state index in [0.717, 1.165) is 18.4 Å². The highest BCUT2D eigenvalue weighted by molar-refractivity contribution is 5.97. The van der Waals surface area contributed by atoms with Gasteiger partial charge < -0.3 is 15.3 Å². The molecule has 0 aromatic heterocycles. The number of aryl methyl sites for hydroxylation is 1. The summed E-state index contributed by atoms with van der Waals surface area (Å²) in [5.41, 5.74) is 2.16. The smallest absolute Gasteiger partial charge is 0.253 e. The molecule has 1 aliphatic heterocycles. The Bertz CT molecular complexity index is 569. The number of rotatable bonds is 3. The predicted molar refractivity (Wildman–Crippen MR) is 85.8 cm³/mol. The molecule has 0 aliphatic carbocycles. The van der Waals surface area contributed by atoms with Gasteiger partial charge in [0.05, 0.1) is 6.10 Å². The molecule has 1 saturated heterocycles. The standard InChI is InChI=1S/C17H24N2O3/c1-11-6-7-14(9-16(11)18-13(3)21)17(22)19-8-4-5-15(10-19)12(2)20/h6-7,9,12,15,20H,4-5,8,10H2,1-3H3,(H,18,21). The van der Waals surface area contributed by atoms with E-state index >= 15 is 0 Å². The van der Waals surface area contributed by atoms with Crippen LogP contribution in [0.3, 0.4) is 0 Å². The molecule has 2 amide bonds. The summed E-state index contributed by atoms with van der Waals surface area (Å²) in [6.07, 6.45) is 1.46. The number of amides is 2. The number of carbonyl (C=O) groups excluding carboxylic acids is 2. The Labute approximate surface area is 131 Å². The number of hydrogen-bond acceptors (Lipinski definition) is 3. The summed E-state index contributed by atoms with van der Waals surface area (Å²) in [4.78, 5) is 25.7. The van der Waals surface area contributed by atoms with E-state index in [2.05, 4.69) is 5.32 Å². The lowest BCUT2D eigenvalue weighted by atomic mass is 9.93. The molecule has 2 N–H and O–H groups in total. The molecule has 22 heavy (non-hydrogen) atoms. The van der Waals surface area contributed by atoms with Crippen LogP contribution in [0.25, 0.3) is 0 Å². The van der Waals surface area contributed by atoms with Gasteiger partial charge in [0.25, 0.3) is 5.91 Å². The molecule has 120 valence electrons. The number of nitrogens with one attached hydrogen (secondary N) is 1. The summed E-state index contributed by atoms with van der Waals surface area (Å²) in [6.45, 7) is 6.42. The maximum absolute atomic E-state index is 12.6. The first-order chi connectivity index (χ1) is 10.4. The molecule has 1 aromatic rings. The van der Waals surface area contributed by atoms with Crippen molar-refractivity contribution in [3.8, 4) is 0 Å². The van der Waals surface area contributed by atoms with Crippen molar-refractivity contribution in [2.75, 3.05) is 18.4 Å². The molecule has 0 radical (unpaired) electrons. The number of carbonyl (C=O) groups is 2. The monoisotopic (exact) mass is 304 g/mol. The average Bonchev–Trinajstić information content (AvgIpc) is 2.48. The summed E-state index contributed by atoms with van der Waals surface area (Å²) in [5, 5.41) is 12.5. The molecule has 2 atom stereocenters. The van der Waals surface area contributed by atoms with Crippen LogP contribution in [0.2, 0.25) is 0 Å². The van der Waals surface area contributed by atoms with Gasteiger partial charge in [-0.2, -0.15) is 0 Å². The van der Waals surface area contributed by atoms with E-state index in [-0.39, 0.29) is 17.7 Å². The number of likely N-dealkylation sites (tertiary alicyclic amines) is 1. The van der Waals surface area contributed by atoms with E-state index in [1.54, 1.807) is 24.0 Å². The van der Waals surface area contributed by atoms with Crippen molar-refractivity contribution < 1.29 is 14.7 Å². The van der Waals surface area contributed by atoms with Crippen LogP contribution in [0, 0.1) is 12.8 Å². The Hall–Kier alpha value is -1.88. The fraction of sp³-hybridized carbons (Fsp3) is 0.529. The fourth-order valence-electron chi connectivity index (χ4n) is 2.85. The Balaban J connectivity index is 2.16. The zero-order valence-electron chi connectivity index (χ0n) is 13.4. The zero-order chi connectivity index (χ0) is 16.3. The van der Waals surface area contributed by atoms with Gasteiger partial charge in [0, 0.05) is 37.2 Å². The van der Waals surface area contributed by atoms with Gasteiger partial charge in [-0.15, -0.1) is 0 Å². The number of hydrogen-bond donors (Lipinski definition) is 2. The summed E-state index contributed by atoms with van der Waals surface area (Å²) >= 11 is 0. The molecule has 1 aromatic carbocycles. The highest BCUT2D eigenvalue weighted by atomic mass is 16.3. The second kappa shape index (κ2) is 6.92. The van der Waals surface area contributed by atoms with Crippen molar-refractivity contribution in [1.82, 2.24) is 4.90 Å². The predicted octanol–water partition coefficient (Wildman–Crippen LogP) is 2.19. The van der Waals surface area contributed by atoms with Crippen molar-refractivity contribution in [3.05, 3.63) is 29.3 Å². The topological polar surface area (TPSA) is 69.6 Å². The van der Waals surface area contributed by atoms with Crippen LogP contribution in [-0.2, 0) is 4.79 Å². The van der Waals surface area contributed by atoms with Crippen LogP contribution >= 0.6 is 0 Å². The second-order valence-corrected chi connectivity index (χ2v) is 6.10. The van der Waals surface area contributed by atoms with Gasteiger partial charge in [-0.05, 0) is 44.4 Å². The number of benzene rings is 1. The Kier molecular flexibility index (Phi) is 5.19. The number of aliphatic hydroxyl groups excluding tert-OH is 1. The molecule has 0 saturated carbocycles. The third-order valence-electron chi connectivity index (χ3n) is 4.22. The summed E-state index contributed by atoms with van der Waals surface area (Å²) in [7, 11) is 0. The van der Waals surface area contributed by atoms with Crippen molar-refractivity contribution >= 4 is 17.5 Å². The van der Waals surface area contributed by atoms with Crippen LogP contribution in [0.4, 0.5) is 5.69 Å². The quantitative estimate of drug-likeness (QED) is 0.899. The zero-order valence-corrected chi connectivity index (χ0v) is 13.4. The third-order valence-corrected chi connectivity index (χ3v) is 4.22. The highest BCUT2D eigenvalue weighted by Gasteiger charge is 2.27. The molecule has 0 bridgehead atoms. The third kappa shape index (κ3) is 3.85. The SMILES string of the molecule is CC(=O)Nc1cc(C(=O)N2CCCC(C(C)O)C2)ccc1C. The van der Waals surface area contributed by atoms with E-state index in [9.17, 15) is 14.7 Å². The molecular weight excluding hydrogens is 280 g/mol. The van der Waals surface area contributed by atoms with Gasteiger partial charge in [-0.1, -0.05) is 6.07 Å². The van der Waals surface area contributed by atoms with Crippen molar-refractivity contribution in [1.29, 1.82) is 0 Å². The van der Waals surface area contributed by atoms with Gasteiger partial charge >= 0.3 is 0 Å². The minimum Gasteiger partial charge on any atom is -0.393 e. The van der Waals surface area contributed by atoms with E-state index in [0.29, 0.717) is 24.3 Å². The maximum atomic E-state index is 12.6. The summed E-state index contributed by atoms with van der Waals surface area (Å²) in [5.74, 6) is -0.0604. The van der Waals surface area contributed by atoms with Crippen LogP contribution in [-0.4, -0.2) is 41.0 Å². The summed E-state index contributed by atoms with van der Waals surface area (Å²) < 4.78 is 0. The molecule has 0 spiro atoms. The van der Waals surface area contributed by atoms with Crippen LogP contribution in [0.15, 0.2) is 18.2 Å². The molecule has 2 rings (SSSR count). The second-order valence-electron chi connectivity index (χ2n) is 6.10.